The number of aromatic hydroxyl groups is 1. The molecule has 0 radical (unpaired) electrons. The van der Waals surface area contributed by atoms with E-state index in [0.29, 0.717) is 18.4 Å². The Labute approximate surface area is 344 Å². The molecule has 21 nitrogen and oxygen atoms in total. The van der Waals surface area contributed by atoms with Crippen LogP contribution in [-0.4, -0.2) is 124 Å². The lowest BCUT2D eigenvalue weighted by Crippen LogP contribution is -2.60. The number of halogens is 3. The molecule has 1 heterocycles. The first-order valence-corrected chi connectivity index (χ1v) is 18.8. The predicted octanol–water partition coefficient (Wildman–Crippen LogP) is -1.04. The van der Waals surface area contributed by atoms with Gasteiger partial charge < -0.3 is 58.7 Å². The number of guanidine groups is 1. The molecule has 1 aromatic carbocycles. The molecule has 1 aliphatic rings. The number of hydrogen-bond donors (Lipinski definition) is 11. The van der Waals surface area contributed by atoms with Gasteiger partial charge in [0.25, 0.3) is 5.91 Å². The van der Waals surface area contributed by atoms with Crippen LogP contribution in [0.3, 0.4) is 0 Å². The van der Waals surface area contributed by atoms with Crippen molar-refractivity contribution < 1.29 is 61.7 Å². The number of aliphatic imine (C=N–C) groups is 1. The van der Waals surface area contributed by atoms with Crippen LogP contribution in [0.1, 0.15) is 72.3 Å². The fourth-order valence-corrected chi connectivity index (χ4v) is 5.49. The molecule has 0 aliphatic carbocycles. The number of carboxylic acid groups (broad SMARTS) is 1. The van der Waals surface area contributed by atoms with Gasteiger partial charge in [0.15, 0.2) is 5.96 Å². The Kier molecular flexibility index (Phi) is 21.1. The van der Waals surface area contributed by atoms with Gasteiger partial charge in [-0.2, -0.15) is 13.2 Å². The van der Waals surface area contributed by atoms with Gasteiger partial charge in [-0.1, -0.05) is 26.0 Å². The molecule has 0 aromatic heterocycles. The van der Waals surface area contributed by atoms with Crippen molar-refractivity contribution in [3.8, 4) is 5.75 Å². The Balaban J connectivity index is 0.00000235. The van der Waals surface area contributed by atoms with Gasteiger partial charge in [0.2, 0.25) is 23.6 Å². The highest BCUT2D eigenvalue weighted by atomic mass is 19.4. The van der Waals surface area contributed by atoms with Crippen molar-refractivity contribution >= 4 is 47.5 Å². The number of nitrogens with zero attached hydrogens (tertiary/aromatic N) is 2. The molecule has 1 aromatic rings. The Morgan fingerprint density at radius 2 is 1.45 bits per heavy atom. The molecule has 2 rings (SSSR count). The second-order valence-corrected chi connectivity index (χ2v) is 15.1. The molecule has 1 fully saturated rings. The number of rotatable bonds is 18. The normalized spacial score (nSPS) is 15.8. The molecule has 24 heteroatoms. The maximum absolute atomic E-state index is 13.9. The highest BCUT2D eigenvalue weighted by Gasteiger charge is 2.39. The van der Waals surface area contributed by atoms with Crippen LogP contribution in [0.4, 0.5) is 18.0 Å². The Hall–Kier alpha value is -5.91. The number of hydrogen-bond acceptors (Lipinski definition) is 11. The largest absolute Gasteiger partial charge is 0.508 e. The summed E-state index contributed by atoms with van der Waals surface area (Å²) in [6, 6.07) is -0.304. The van der Waals surface area contributed by atoms with Gasteiger partial charge in [-0.15, -0.1) is 0 Å². The number of phenols is 1. The molecular weight excluding hydrogens is 803 g/mol. The lowest BCUT2D eigenvalue weighted by molar-refractivity contribution is -0.192. The van der Waals surface area contributed by atoms with Gasteiger partial charge in [0.05, 0.1) is 18.2 Å². The molecule has 7 amide bonds. The number of benzene rings is 1. The molecule has 5 atom stereocenters. The van der Waals surface area contributed by atoms with Crippen molar-refractivity contribution in [2.75, 3.05) is 19.7 Å². The van der Waals surface area contributed by atoms with E-state index >= 15 is 0 Å². The lowest BCUT2D eigenvalue weighted by Gasteiger charge is -2.31. The first kappa shape index (κ1) is 52.1. The van der Waals surface area contributed by atoms with E-state index in [0.717, 1.165) is 0 Å². The van der Waals surface area contributed by atoms with Crippen LogP contribution in [0.25, 0.3) is 0 Å². The van der Waals surface area contributed by atoms with Crippen LogP contribution in [0.15, 0.2) is 29.3 Å². The number of aliphatic carboxylic acids is 1. The number of nitrogens with one attached hydrogen (secondary N) is 5. The fourth-order valence-electron chi connectivity index (χ4n) is 5.49. The highest BCUT2D eigenvalue weighted by Crippen LogP contribution is 2.20. The minimum absolute atomic E-state index is 0.0618. The maximum atomic E-state index is 13.9. The number of carboxylic acids is 1. The number of likely N-dealkylation sites (tertiary alicyclic amines) is 1. The van der Waals surface area contributed by atoms with Gasteiger partial charge in [-0.05, 0) is 82.9 Å². The third-order valence-corrected chi connectivity index (χ3v) is 8.33. The molecule has 1 saturated heterocycles. The number of alkyl halides is 3. The van der Waals surface area contributed by atoms with Crippen molar-refractivity contribution in [3.05, 3.63) is 29.8 Å². The quantitative estimate of drug-likeness (QED) is 0.0364. The molecule has 1 aliphatic heterocycles. The first-order valence-electron chi connectivity index (χ1n) is 18.8. The van der Waals surface area contributed by atoms with Gasteiger partial charge in [0.1, 0.15) is 29.9 Å². The summed E-state index contributed by atoms with van der Waals surface area (Å²) in [4.78, 5) is 92.9. The summed E-state index contributed by atoms with van der Waals surface area (Å²) in [5.74, 6) is -6.17. The number of phenolic OH excluding ortho intramolecular Hbond substituents is 1. The number of carbonyl (C=O) groups is 7. The summed E-state index contributed by atoms with van der Waals surface area (Å²) in [5.41, 5.74) is 26.3. The summed E-state index contributed by atoms with van der Waals surface area (Å²) < 4.78 is 37.6. The smallest absolute Gasteiger partial charge is 0.490 e. The zero-order valence-corrected chi connectivity index (χ0v) is 34.1. The Bertz CT molecular complexity index is 1650. The van der Waals surface area contributed by atoms with Crippen molar-refractivity contribution in [1.82, 2.24) is 31.7 Å². The topological polar surface area (TPSA) is 349 Å². The summed E-state index contributed by atoms with van der Waals surface area (Å²) in [6.45, 7) is 9.17. The molecule has 0 unspecified atom stereocenters. The highest BCUT2D eigenvalue weighted by molar-refractivity contribution is 5.96. The van der Waals surface area contributed by atoms with Crippen LogP contribution in [0.5, 0.6) is 5.75 Å². The Morgan fingerprint density at radius 3 is 1.97 bits per heavy atom. The molecule has 0 bridgehead atoms. The second-order valence-electron chi connectivity index (χ2n) is 15.1. The zero-order chi connectivity index (χ0) is 46.0. The van der Waals surface area contributed by atoms with Crippen LogP contribution in [-0.2, 0) is 39.9 Å². The van der Waals surface area contributed by atoms with Crippen molar-refractivity contribution in [1.29, 1.82) is 0 Å². The van der Waals surface area contributed by atoms with E-state index in [4.69, 9.17) is 37.6 Å². The number of urea groups is 1. The van der Waals surface area contributed by atoms with Crippen LogP contribution in [0.2, 0.25) is 0 Å². The van der Waals surface area contributed by atoms with Crippen molar-refractivity contribution in [2.45, 2.75) is 115 Å². The van der Waals surface area contributed by atoms with E-state index in [2.05, 4.69) is 26.4 Å². The molecule has 15 N–H and O–H groups in total. The first-order chi connectivity index (χ1) is 27.7. The third kappa shape index (κ3) is 20.2. The van der Waals surface area contributed by atoms with Crippen molar-refractivity contribution in [2.24, 2.45) is 33.8 Å². The van der Waals surface area contributed by atoms with E-state index < -0.39 is 83.5 Å². The standard InChI is InChI=1S/C34H57N11O8.C2HF3O2/c1-19(2)16-24(41-29(49)25(18-53-34(3,4)5)42-27(47)22(35)17-20-10-12-21(46)13-11-20)28(48)40-23(8-6-14-39-32(36)37)31(51)45-15-7-9-26(45)30(50)43-44-33(38)52;3-2(4,5)1(6)7/h10-13,19,22-26,46H,6-9,14-18,35H2,1-5H3,(H,40,48)(H,41,49)(H,42,47)(H,43,50)(H4,36,37,39)(H3,38,44,52);(H,6,7)/t22-,23-,24-,25-,26-;/m0./s1. The van der Waals surface area contributed by atoms with E-state index in [9.17, 15) is 47.0 Å². The third-order valence-electron chi connectivity index (χ3n) is 8.33. The van der Waals surface area contributed by atoms with Gasteiger partial charge in [-0.25, -0.2) is 15.0 Å². The number of nitrogens with two attached hydrogens (primary N) is 4. The lowest BCUT2D eigenvalue weighted by atomic mass is 10.0. The minimum atomic E-state index is -5.08. The molecule has 0 saturated carbocycles. The predicted molar refractivity (Wildman–Crippen MR) is 210 cm³/mol. The van der Waals surface area contributed by atoms with Gasteiger partial charge in [0, 0.05) is 13.1 Å². The number of carbonyl (C=O) groups excluding carboxylic acids is 6. The van der Waals surface area contributed by atoms with E-state index in [1.165, 1.54) is 17.0 Å². The van der Waals surface area contributed by atoms with Crippen LogP contribution < -0.4 is 49.7 Å². The summed E-state index contributed by atoms with van der Waals surface area (Å²) in [6.07, 6.45) is -3.62. The monoisotopic (exact) mass is 861 g/mol. The van der Waals surface area contributed by atoms with Crippen LogP contribution >= 0.6 is 0 Å². The second kappa shape index (κ2) is 24.2. The summed E-state index contributed by atoms with van der Waals surface area (Å²) in [5, 5.41) is 24.8. The molecular formula is C36H58F3N11O10. The number of primary amides is 1. The fraction of sp³-hybridized carbons (Fsp3) is 0.611. The molecule has 60 heavy (non-hydrogen) atoms. The molecule has 338 valence electrons. The summed E-state index contributed by atoms with van der Waals surface area (Å²) in [7, 11) is 0. The number of amides is 7. The zero-order valence-electron chi connectivity index (χ0n) is 34.1. The average molecular weight is 862 g/mol. The average Bonchev–Trinajstić information content (AvgIpc) is 3.63. The SMILES string of the molecule is CC(C)C[C@H](NC(=O)[C@H](COC(C)(C)C)NC(=O)[C@@H](N)Cc1ccc(O)cc1)C(=O)N[C@@H](CCCN=C(N)N)C(=O)N1CCC[C@H]1C(=O)NNC(N)=O.O=C(O)C(F)(F)F. The van der Waals surface area contributed by atoms with Crippen molar-refractivity contribution in [3.63, 3.8) is 0 Å². The van der Waals surface area contributed by atoms with E-state index in [-0.39, 0.29) is 63.0 Å². The van der Waals surface area contributed by atoms with E-state index in [1.807, 2.05) is 19.3 Å². The van der Waals surface area contributed by atoms with E-state index in [1.54, 1.807) is 32.9 Å². The Morgan fingerprint density at radius 1 is 0.900 bits per heavy atom. The maximum Gasteiger partial charge on any atom is 0.490 e. The number of ether oxygens (including phenoxy) is 1. The van der Waals surface area contributed by atoms with Gasteiger partial charge >= 0.3 is 18.2 Å². The van der Waals surface area contributed by atoms with Gasteiger partial charge in [-0.3, -0.25) is 34.4 Å². The molecule has 0 spiro atoms. The minimum Gasteiger partial charge on any atom is -0.508 e. The van der Waals surface area contributed by atoms with Crippen LogP contribution in [0, 0.1) is 5.92 Å². The number of hydrazine groups is 1. The summed E-state index contributed by atoms with van der Waals surface area (Å²) >= 11 is 0.